The molecule has 156 valence electrons. The first-order valence-electron chi connectivity index (χ1n) is 10.4. The number of guanidine groups is 1. The molecule has 2 saturated carbocycles. The van der Waals surface area contributed by atoms with Gasteiger partial charge in [-0.2, -0.15) is 0 Å². The standard InChI is InChI=1S/C22H34N4O.HI/c1-4-23-22(24-12-11-20-14-17-7-10-19(20)13-17)25-15-16-5-8-18(9-6-16)21(27)26(2)3;/h5-6,8-9,17,19-20H,4,7,10-15H2,1-3H3,(H2,23,24,25);1H. The number of fused-ring (bicyclic) bond motifs is 2. The van der Waals surface area contributed by atoms with Crippen LogP contribution in [0.1, 0.15) is 54.9 Å². The molecule has 0 aromatic heterocycles. The summed E-state index contributed by atoms with van der Waals surface area (Å²) in [5.41, 5.74) is 1.82. The lowest BCUT2D eigenvalue weighted by atomic mass is 9.86. The lowest BCUT2D eigenvalue weighted by Gasteiger charge is -2.22. The number of aliphatic imine (C=N–C) groups is 1. The molecule has 1 amide bonds. The number of rotatable bonds is 7. The highest BCUT2D eigenvalue weighted by atomic mass is 127. The predicted octanol–water partition coefficient (Wildman–Crippen LogP) is 3.89. The van der Waals surface area contributed by atoms with Gasteiger partial charge in [0.05, 0.1) is 6.54 Å². The summed E-state index contributed by atoms with van der Waals surface area (Å²) in [6.07, 6.45) is 7.10. The summed E-state index contributed by atoms with van der Waals surface area (Å²) in [7, 11) is 3.54. The third-order valence-electron chi connectivity index (χ3n) is 6.06. The molecule has 2 bridgehead atoms. The molecule has 2 aliphatic carbocycles. The third-order valence-corrected chi connectivity index (χ3v) is 6.06. The molecule has 6 heteroatoms. The van der Waals surface area contributed by atoms with Gasteiger partial charge < -0.3 is 15.5 Å². The van der Waals surface area contributed by atoms with E-state index in [2.05, 4.69) is 17.6 Å². The van der Waals surface area contributed by atoms with Crippen LogP contribution in [0.5, 0.6) is 0 Å². The van der Waals surface area contributed by atoms with E-state index in [0.29, 0.717) is 12.1 Å². The van der Waals surface area contributed by atoms with E-state index >= 15 is 0 Å². The summed E-state index contributed by atoms with van der Waals surface area (Å²) in [6, 6.07) is 7.73. The fraction of sp³-hybridized carbons (Fsp3) is 0.636. The van der Waals surface area contributed by atoms with E-state index in [1.807, 2.05) is 24.3 Å². The van der Waals surface area contributed by atoms with Crippen molar-refractivity contribution >= 4 is 35.8 Å². The first-order chi connectivity index (χ1) is 13.1. The van der Waals surface area contributed by atoms with Gasteiger partial charge in [0.15, 0.2) is 5.96 Å². The minimum absolute atomic E-state index is 0. The second-order valence-corrected chi connectivity index (χ2v) is 8.24. The Morgan fingerprint density at radius 3 is 2.46 bits per heavy atom. The van der Waals surface area contributed by atoms with Crippen LogP contribution in [0.4, 0.5) is 0 Å². The van der Waals surface area contributed by atoms with E-state index in [4.69, 9.17) is 4.99 Å². The van der Waals surface area contributed by atoms with Gasteiger partial charge >= 0.3 is 0 Å². The van der Waals surface area contributed by atoms with Crippen LogP contribution in [0.15, 0.2) is 29.3 Å². The maximum atomic E-state index is 12.0. The van der Waals surface area contributed by atoms with Gasteiger partial charge in [0.25, 0.3) is 5.91 Å². The van der Waals surface area contributed by atoms with Crippen LogP contribution >= 0.6 is 24.0 Å². The largest absolute Gasteiger partial charge is 0.357 e. The van der Waals surface area contributed by atoms with Crippen LogP contribution in [-0.4, -0.2) is 44.0 Å². The Balaban J connectivity index is 0.00000280. The number of halogens is 1. The van der Waals surface area contributed by atoms with Gasteiger partial charge in [-0.1, -0.05) is 18.6 Å². The van der Waals surface area contributed by atoms with Crippen molar-refractivity contribution in [3.63, 3.8) is 0 Å². The van der Waals surface area contributed by atoms with E-state index in [-0.39, 0.29) is 29.9 Å². The second-order valence-electron chi connectivity index (χ2n) is 8.24. The van der Waals surface area contributed by atoms with Gasteiger partial charge in [-0.25, -0.2) is 4.99 Å². The number of carbonyl (C=O) groups is 1. The number of benzene rings is 1. The number of hydrogen-bond donors (Lipinski definition) is 2. The molecule has 3 unspecified atom stereocenters. The Morgan fingerprint density at radius 2 is 1.89 bits per heavy atom. The molecule has 2 N–H and O–H groups in total. The monoisotopic (exact) mass is 498 g/mol. The molecule has 2 fully saturated rings. The van der Waals surface area contributed by atoms with Crippen molar-refractivity contribution in [2.45, 2.75) is 45.6 Å². The maximum Gasteiger partial charge on any atom is 0.253 e. The predicted molar refractivity (Wildman–Crippen MR) is 126 cm³/mol. The quantitative estimate of drug-likeness (QED) is 0.341. The van der Waals surface area contributed by atoms with Crippen LogP contribution in [0.2, 0.25) is 0 Å². The van der Waals surface area contributed by atoms with Gasteiger partial charge in [0.2, 0.25) is 0 Å². The first-order valence-corrected chi connectivity index (χ1v) is 10.4. The number of nitrogens with zero attached hydrogens (tertiary/aromatic N) is 2. The molecule has 1 aromatic carbocycles. The lowest BCUT2D eigenvalue weighted by molar-refractivity contribution is 0.0827. The normalized spacial score (nSPS) is 23.2. The molecule has 0 aliphatic heterocycles. The minimum Gasteiger partial charge on any atom is -0.357 e. The Hall–Kier alpha value is -1.31. The maximum absolute atomic E-state index is 12.0. The summed E-state index contributed by atoms with van der Waals surface area (Å²) in [4.78, 5) is 18.3. The lowest BCUT2D eigenvalue weighted by Crippen LogP contribution is -2.38. The molecular formula is C22H35IN4O. The molecule has 0 spiro atoms. The SMILES string of the molecule is CCNC(=NCc1ccc(C(=O)N(C)C)cc1)NCCC1CC2CCC1C2.I. The molecule has 28 heavy (non-hydrogen) atoms. The van der Waals surface area contributed by atoms with Crippen molar-refractivity contribution in [3.8, 4) is 0 Å². The van der Waals surface area contributed by atoms with E-state index in [1.54, 1.807) is 19.0 Å². The van der Waals surface area contributed by atoms with E-state index < -0.39 is 0 Å². The summed E-state index contributed by atoms with van der Waals surface area (Å²) < 4.78 is 0. The highest BCUT2D eigenvalue weighted by Crippen LogP contribution is 2.49. The van der Waals surface area contributed by atoms with E-state index in [1.165, 1.54) is 32.1 Å². The molecule has 0 heterocycles. The second kappa shape index (κ2) is 11.0. The van der Waals surface area contributed by atoms with Crippen molar-refractivity contribution in [2.75, 3.05) is 27.2 Å². The summed E-state index contributed by atoms with van der Waals surface area (Å²) >= 11 is 0. The van der Waals surface area contributed by atoms with E-state index in [9.17, 15) is 4.79 Å². The summed E-state index contributed by atoms with van der Waals surface area (Å²) in [6.45, 7) is 4.56. The van der Waals surface area contributed by atoms with Gasteiger partial charge in [-0.05, 0) is 68.1 Å². The Bertz CT molecular complexity index is 659. The minimum atomic E-state index is 0. The van der Waals surface area contributed by atoms with Gasteiger partial charge in [0, 0.05) is 32.7 Å². The third kappa shape index (κ3) is 6.09. The zero-order valence-electron chi connectivity index (χ0n) is 17.4. The fourth-order valence-electron chi connectivity index (χ4n) is 4.63. The molecule has 2 aliphatic rings. The number of carbonyl (C=O) groups excluding carboxylic acids is 1. The van der Waals surface area contributed by atoms with Gasteiger partial charge in [-0.3, -0.25) is 4.79 Å². The average Bonchev–Trinajstić information content (AvgIpc) is 3.29. The molecule has 5 nitrogen and oxygen atoms in total. The number of nitrogens with one attached hydrogen (secondary N) is 2. The summed E-state index contributed by atoms with van der Waals surface area (Å²) in [5, 5.41) is 6.83. The van der Waals surface area contributed by atoms with E-state index in [0.717, 1.165) is 42.4 Å². The molecule has 3 rings (SSSR count). The highest BCUT2D eigenvalue weighted by molar-refractivity contribution is 14.0. The van der Waals surface area contributed by atoms with Gasteiger partial charge in [-0.15, -0.1) is 24.0 Å². The Kier molecular flexibility index (Phi) is 9.05. The highest BCUT2D eigenvalue weighted by Gasteiger charge is 2.38. The topological polar surface area (TPSA) is 56.7 Å². The molecule has 0 radical (unpaired) electrons. The zero-order chi connectivity index (χ0) is 19.2. The van der Waals surface area contributed by atoms with Crippen LogP contribution < -0.4 is 10.6 Å². The van der Waals surface area contributed by atoms with Crippen molar-refractivity contribution in [1.29, 1.82) is 0 Å². The van der Waals surface area contributed by atoms with Gasteiger partial charge in [0.1, 0.15) is 0 Å². The van der Waals surface area contributed by atoms with Crippen LogP contribution in [-0.2, 0) is 6.54 Å². The zero-order valence-corrected chi connectivity index (χ0v) is 19.7. The van der Waals surface area contributed by atoms with Crippen LogP contribution in [0, 0.1) is 17.8 Å². The number of hydrogen-bond acceptors (Lipinski definition) is 2. The molecule has 1 aromatic rings. The van der Waals surface area contributed by atoms with Crippen LogP contribution in [0.3, 0.4) is 0 Å². The summed E-state index contributed by atoms with van der Waals surface area (Å²) in [5.74, 6) is 3.83. The van der Waals surface area contributed by atoms with Crippen LogP contribution in [0.25, 0.3) is 0 Å². The smallest absolute Gasteiger partial charge is 0.253 e. The molecule has 0 saturated heterocycles. The first kappa shape index (κ1) is 23.0. The van der Waals surface area contributed by atoms with Crippen molar-refractivity contribution < 1.29 is 4.79 Å². The Morgan fingerprint density at radius 1 is 1.14 bits per heavy atom. The number of amides is 1. The van der Waals surface area contributed by atoms with Crippen molar-refractivity contribution in [3.05, 3.63) is 35.4 Å². The van der Waals surface area contributed by atoms with Crippen molar-refractivity contribution in [1.82, 2.24) is 15.5 Å². The average molecular weight is 498 g/mol. The molecule has 3 atom stereocenters. The fourth-order valence-corrected chi connectivity index (χ4v) is 4.63. The Labute approximate surface area is 186 Å². The molecular weight excluding hydrogens is 463 g/mol. The van der Waals surface area contributed by atoms with Crippen molar-refractivity contribution in [2.24, 2.45) is 22.7 Å².